The third-order valence-electron chi connectivity index (χ3n) is 3.43. The molecule has 0 aliphatic heterocycles. The third kappa shape index (κ3) is 4.51. The molecule has 1 heterocycles. The fraction of sp³-hybridized carbons (Fsp3) is 0.118. The molecule has 23 heavy (non-hydrogen) atoms. The normalized spacial score (nSPS) is 11.0. The Morgan fingerprint density at radius 3 is 2.17 bits per heavy atom. The summed E-state index contributed by atoms with van der Waals surface area (Å²) in [6.07, 6.45) is 0. The maximum atomic E-state index is 10.3. The first-order valence-electron chi connectivity index (χ1n) is 6.85. The van der Waals surface area contributed by atoms with Crippen LogP contribution in [-0.2, 0) is 17.2 Å². The van der Waals surface area contributed by atoms with Crippen molar-refractivity contribution >= 4 is 32.6 Å². The first kappa shape index (κ1) is 17.4. The quantitative estimate of drug-likeness (QED) is 0.500. The molecule has 0 atom stereocenters. The van der Waals surface area contributed by atoms with Gasteiger partial charge in [0.25, 0.3) is 0 Å². The van der Waals surface area contributed by atoms with Gasteiger partial charge in [-0.25, -0.2) is 8.42 Å². The topological polar surface area (TPSA) is 61.1 Å². The van der Waals surface area contributed by atoms with E-state index in [0.717, 1.165) is 0 Å². The zero-order chi connectivity index (χ0) is 17.0. The minimum atomic E-state index is -4.33. The van der Waals surface area contributed by atoms with E-state index >= 15 is 0 Å². The van der Waals surface area contributed by atoms with E-state index in [-0.39, 0.29) is 4.90 Å². The van der Waals surface area contributed by atoms with Gasteiger partial charge in [-0.15, -0.1) is 0 Å². The number of aromatic nitrogens is 1. The van der Waals surface area contributed by atoms with Crippen molar-refractivity contribution in [3.05, 3.63) is 71.4 Å². The van der Waals surface area contributed by atoms with Gasteiger partial charge in [0.05, 0.1) is 4.90 Å². The zero-order valence-corrected chi connectivity index (χ0v) is 14.3. The molecule has 0 amide bonds. The van der Waals surface area contributed by atoms with Gasteiger partial charge in [0.15, 0.2) is 5.69 Å². The first-order valence-corrected chi connectivity index (χ1v) is 8.63. The van der Waals surface area contributed by atoms with E-state index in [4.69, 9.17) is 11.6 Å². The number of nitrogens with zero attached hydrogens (tertiary/aromatic N) is 1. The zero-order valence-electron chi connectivity index (χ0n) is 12.7. The fourth-order valence-electron chi connectivity index (χ4n) is 2.05. The Kier molecular flexibility index (Phi) is 5.36. The Labute approximate surface area is 140 Å². The van der Waals surface area contributed by atoms with Crippen LogP contribution in [0.15, 0.2) is 65.6 Å². The molecule has 0 bridgehead atoms. The highest BCUT2D eigenvalue weighted by Gasteiger charge is 2.05. The number of rotatable bonds is 1. The summed E-state index contributed by atoms with van der Waals surface area (Å²) in [5.41, 5.74) is 2.58. The molecule has 0 fully saturated rings. The molecule has 1 aromatic heterocycles. The molecule has 120 valence electrons. The van der Waals surface area contributed by atoms with Gasteiger partial charge < -0.3 is 4.55 Å². The van der Waals surface area contributed by atoms with Crippen LogP contribution in [0.1, 0.15) is 5.69 Å². The van der Waals surface area contributed by atoms with Crippen molar-refractivity contribution < 1.29 is 17.5 Å². The molecule has 0 saturated heterocycles. The molecule has 0 N–H and O–H groups in total. The van der Waals surface area contributed by atoms with Crippen molar-refractivity contribution in [3.63, 3.8) is 0 Å². The minimum absolute atomic E-state index is 0.262. The van der Waals surface area contributed by atoms with Crippen molar-refractivity contribution in [2.24, 2.45) is 7.05 Å². The highest BCUT2D eigenvalue weighted by atomic mass is 35.5. The van der Waals surface area contributed by atoms with Crippen LogP contribution in [-0.4, -0.2) is 13.0 Å². The van der Waals surface area contributed by atoms with Crippen LogP contribution in [0, 0.1) is 6.92 Å². The summed E-state index contributed by atoms with van der Waals surface area (Å²) in [4.78, 5) is -0.262. The number of pyridine rings is 1. The minimum Gasteiger partial charge on any atom is -0.744 e. The van der Waals surface area contributed by atoms with Crippen LogP contribution < -0.4 is 4.57 Å². The average Bonchev–Trinajstić information content (AvgIpc) is 2.51. The van der Waals surface area contributed by atoms with Gasteiger partial charge in [-0.1, -0.05) is 23.7 Å². The molecule has 0 spiro atoms. The lowest BCUT2D eigenvalue weighted by Gasteiger charge is -2.05. The summed E-state index contributed by atoms with van der Waals surface area (Å²) in [5.74, 6) is 0. The number of para-hydroxylation sites is 1. The highest BCUT2D eigenvalue weighted by Crippen LogP contribution is 2.13. The Hall–Kier alpha value is -1.95. The van der Waals surface area contributed by atoms with Crippen molar-refractivity contribution in [2.75, 3.05) is 0 Å². The molecule has 2 aromatic carbocycles. The molecule has 0 saturated carbocycles. The van der Waals surface area contributed by atoms with Crippen LogP contribution in [0.25, 0.3) is 10.9 Å². The average molecular weight is 350 g/mol. The Bertz CT molecular complexity index is 922. The van der Waals surface area contributed by atoms with Crippen LogP contribution in [0.2, 0.25) is 5.02 Å². The van der Waals surface area contributed by atoms with E-state index in [1.54, 1.807) is 0 Å². The van der Waals surface area contributed by atoms with E-state index < -0.39 is 10.1 Å². The number of fused-ring (bicyclic) bond motifs is 1. The number of hydrogen-bond acceptors (Lipinski definition) is 3. The summed E-state index contributed by atoms with van der Waals surface area (Å²) >= 11 is 5.46. The molecular formula is C17H16ClNO3S. The van der Waals surface area contributed by atoms with Crippen molar-refractivity contribution in [3.8, 4) is 0 Å². The van der Waals surface area contributed by atoms with Crippen LogP contribution >= 0.6 is 11.6 Å². The van der Waals surface area contributed by atoms with Crippen molar-refractivity contribution in [1.29, 1.82) is 0 Å². The van der Waals surface area contributed by atoms with Gasteiger partial charge in [-0.05, 0) is 36.4 Å². The van der Waals surface area contributed by atoms with Gasteiger partial charge in [0, 0.05) is 29.5 Å². The van der Waals surface area contributed by atoms with E-state index in [1.165, 1.54) is 40.9 Å². The summed E-state index contributed by atoms with van der Waals surface area (Å²) in [5, 5.41) is 1.70. The summed E-state index contributed by atoms with van der Waals surface area (Å²) in [7, 11) is -2.23. The van der Waals surface area contributed by atoms with Gasteiger partial charge in [0.1, 0.15) is 17.2 Å². The lowest BCUT2D eigenvalue weighted by atomic mass is 10.2. The molecule has 0 aliphatic carbocycles. The molecule has 3 rings (SSSR count). The smallest absolute Gasteiger partial charge is 0.212 e. The van der Waals surface area contributed by atoms with Crippen LogP contribution in [0.3, 0.4) is 0 Å². The number of hydrogen-bond donors (Lipinski definition) is 0. The van der Waals surface area contributed by atoms with Crippen molar-refractivity contribution in [2.45, 2.75) is 11.8 Å². The number of benzene rings is 2. The maximum absolute atomic E-state index is 10.3. The summed E-state index contributed by atoms with van der Waals surface area (Å²) in [6.45, 7) is 2.12. The van der Waals surface area contributed by atoms with Crippen LogP contribution in [0.5, 0.6) is 0 Å². The molecule has 0 aliphatic rings. The molecule has 6 heteroatoms. The van der Waals surface area contributed by atoms with E-state index in [1.807, 2.05) is 0 Å². The van der Waals surface area contributed by atoms with Crippen molar-refractivity contribution in [1.82, 2.24) is 0 Å². The van der Waals surface area contributed by atoms with Gasteiger partial charge >= 0.3 is 0 Å². The second kappa shape index (κ2) is 7.08. The predicted molar refractivity (Wildman–Crippen MR) is 89.3 cm³/mol. The Morgan fingerprint density at radius 2 is 1.57 bits per heavy atom. The molecule has 4 nitrogen and oxygen atoms in total. The fourth-order valence-corrected chi connectivity index (χ4v) is 2.64. The maximum Gasteiger partial charge on any atom is 0.212 e. The second-order valence-electron chi connectivity index (χ2n) is 5.00. The number of halogens is 1. The van der Waals surface area contributed by atoms with E-state index in [0.29, 0.717) is 5.02 Å². The van der Waals surface area contributed by atoms with E-state index in [2.05, 4.69) is 54.9 Å². The lowest BCUT2D eigenvalue weighted by molar-refractivity contribution is -0.651. The summed E-state index contributed by atoms with van der Waals surface area (Å²) in [6, 6.07) is 17.8. The summed E-state index contributed by atoms with van der Waals surface area (Å²) < 4.78 is 33.2. The predicted octanol–water partition coefficient (Wildman–Crippen LogP) is 3.22. The highest BCUT2D eigenvalue weighted by molar-refractivity contribution is 7.85. The lowest BCUT2D eigenvalue weighted by Crippen LogP contribution is -2.32. The van der Waals surface area contributed by atoms with Gasteiger partial charge in [-0.3, -0.25) is 0 Å². The standard InChI is InChI=1S/C11H12N.C6H5ClO3S/c1-9-7-8-10-5-3-4-6-11(10)12(9)2;7-5-1-3-6(4-2-5)11(8,9)10/h3-8H,1-2H3;1-4H,(H,8,9,10)/q+1;/p-1. The molecule has 3 aromatic rings. The molecule has 0 radical (unpaired) electrons. The monoisotopic (exact) mass is 349 g/mol. The third-order valence-corrected chi connectivity index (χ3v) is 4.54. The van der Waals surface area contributed by atoms with Gasteiger partial charge in [-0.2, -0.15) is 4.57 Å². The Balaban J connectivity index is 0.000000168. The molecule has 0 unspecified atom stereocenters. The SMILES string of the molecule is Cc1ccc2ccccc2[n+]1C.O=S(=O)([O-])c1ccc(Cl)cc1. The number of aryl methyl sites for hydroxylation is 2. The largest absolute Gasteiger partial charge is 0.744 e. The second-order valence-corrected chi connectivity index (χ2v) is 6.82. The van der Waals surface area contributed by atoms with E-state index in [9.17, 15) is 13.0 Å². The molecular weight excluding hydrogens is 334 g/mol. The van der Waals surface area contributed by atoms with Gasteiger partial charge in [0.2, 0.25) is 5.52 Å². The Morgan fingerprint density at radius 1 is 0.957 bits per heavy atom. The van der Waals surface area contributed by atoms with Crippen LogP contribution in [0.4, 0.5) is 0 Å². The first-order chi connectivity index (χ1) is 10.8.